The van der Waals surface area contributed by atoms with Crippen molar-refractivity contribution in [3.05, 3.63) is 63.7 Å². The van der Waals surface area contributed by atoms with Gasteiger partial charge in [0.15, 0.2) is 0 Å². The average Bonchev–Trinajstić information content (AvgIpc) is 2.51. The van der Waals surface area contributed by atoms with Crippen LogP contribution in [0.3, 0.4) is 0 Å². The summed E-state index contributed by atoms with van der Waals surface area (Å²) in [5, 5.41) is 22.9. The summed E-state index contributed by atoms with van der Waals surface area (Å²) in [6.07, 6.45) is 1.70. The van der Waals surface area contributed by atoms with Crippen LogP contribution in [0.25, 0.3) is 0 Å². The van der Waals surface area contributed by atoms with Gasteiger partial charge in [-0.25, -0.2) is 0 Å². The lowest BCUT2D eigenvalue weighted by molar-refractivity contribution is -0.384. The highest BCUT2D eigenvalue weighted by Gasteiger charge is 2.12. The molecule has 6 heteroatoms. The molecule has 0 spiro atoms. The summed E-state index contributed by atoms with van der Waals surface area (Å²) < 4.78 is 0. The number of amides is 1. The van der Waals surface area contributed by atoms with Crippen LogP contribution >= 0.6 is 0 Å². The fourth-order valence-corrected chi connectivity index (χ4v) is 2.16. The van der Waals surface area contributed by atoms with Gasteiger partial charge in [-0.2, -0.15) is 0 Å². The molecule has 2 N–H and O–H groups in total. The van der Waals surface area contributed by atoms with E-state index in [1.165, 1.54) is 17.7 Å². The smallest absolute Gasteiger partial charge is 0.271 e. The molecule has 0 fully saturated rings. The zero-order valence-corrected chi connectivity index (χ0v) is 12.8. The molecular formula is C17H18N2O4. The first-order chi connectivity index (χ1) is 11.0. The molecule has 2 rings (SSSR count). The predicted molar refractivity (Wildman–Crippen MR) is 87.5 cm³/mol. The van der Waals surface area contributed by atoms with Crippen molar-refractivity contribution < 1.29 is 14.8 Å². The van der Waals surface area contributed by atoms with Crippen molar-refractivity contribution in [3.63, 3.8) is 0 Å². The van der Waals surface area contributed by atoms with Crippen molar-refractivity contribution in [2.24, 2.45) is 0 Å². The van der Waals surface area contributed by atoms with Crippen molar-refractivity contribution in [2.75, 3.05) is 5.32 Å². The molecule has 0 bridgehead atoms. The summed E-state index contributed by atoms with van der Waals surface area (Å²) in [6.45, 7) is 2.02. The summed E-state index contributed by atoms with van der Waals surface area (Å²) in [6, 6.07) is 11.6. The van der Waals surface area contributed by atoms with Crippen LogP contribution in [0.5, 0.6) is 5.75 Å². The Hall–Kier alpha value is -2.89. The highest BCUT2D eigenvalue weighted by Crippen LogP contribution is 2.27. The Morgan fingerprint density at radius 3 is 2.57 bits per heavy atom. The summed E-state index contributed by atoms with van der Waals surface area (Å²) in [5.74, 6) is -0.476. The van der Waals surface area contributed by atoms with E-state index in [1.807, 2.05) is 31.2 Å². The molecule has 0 heterocycles. The highest BCUT2D eigenvalue weighted by molar-refractivity contribution is 5.92. The van der Waals surface area contributed by atoms with Crippen LogP contribution in [0.1, 0.15) is 24.0 Å². The maximum absolute atomic E-state index is 11.9. The molecular weight excluding hydrogens is 296 g/mol. The Kier molecular flexibility index (Phi) is 5.30. The quantitative estimate of drug-likeness (QED) is 0.484. The summed E-state index contributed by atoms with van der Waals surface area (Å²) in [5.41, 5.74) is 2.21. The monoisotopic (exact) mass is 314 g/mol. The number of nitrogens with one attached hydrogen (secondary N) is 1. The number of hydrogen-bond donors (Lipinski definition) is 2. The summed E-state index contributed by atoms with van der Waals surface area (Å²) in [7, 11) is 0. The van der Waals surface area contributed by atoms with Crippen molar-refractivity contribution in [3.8, 4) is 5.75 Å². The number of nitro benzene ring substituents is 1. The molecule has 0 saturated heterocycles. The Bertz CT molecular complexity index is 711. The second-order valence-corrected chi connectivity index (χ2v) is 5.35. The largest absolute Gasteiger partial charge is 0.506 e. The third kappa shape index (κ3) is 4.81. The second kappa shape index (κ2) is 7.40. The van der Waals surface area contributed by atoms with Gasteiger partial charge < -0.3 is 10.4 Å². The number of nitro groups is 1. The molecule has 2 aromatic rings. The van der Waals surface area contributed by atoms with E-state index in [0.29, 0.717) is 6.42 Å². The predicted octanol–water partition coefficient (Wildman–Crippen LogP) is 3.57. The van der Waals surface area contributed by atoms with Gasteiger partial charge in [-0.1, -0.05) is 29.8 Å². The lowest BCUT2D eigenvalue weighted by Crippen LogP contribution is -2.11. The molecule has 120 valence electrons. The normalized spacial score (nSPS) is 10.3. The van der Waals surface area contributed by atoms with Crippen LogP contribution in [0, 0.1) is 17.0 Å². The molecule has 0 unspecified atom stereocenters. The van der Waals surface area contributed by atoms with Gasteiger partial charge in [-0.15, -0.1) is 0 Å². The van der Waals surface area contributed by atoms with E-state index < -0.39 is 4.92 Å². The van der Waals surface area contributed by atoms with Crippen LogP contribution in [-0.4, -0.2) is 15.9 Å². The maximum Gasteiger partial charge on any atom is 0.271 e. The topological polar surface area (TPSA) is 92.5 Å². The van der Waals surface area contributed by atoms with Crippen molar-refractivity contribution >= 4 is 17.3 Å². The minimum absolute atomic E-state index is 0.0551. The molecule has 0 aliphatic heterocycles. The van der Waals surface area contributed by atoms with Gasteiger partial charge >= 0.3 is 0 Å². The van der Waals surface area contributed by atoms with E-state index >= 15 is 0 Å². The zero-order valence-electron chi connectivity index (χ0n) is 12.8. The van der Waals surface area contributed by atoms with Crippen LogP contribution in [-0.2, 0) is 11.2 Å². The molecule has 23 heavy (non-hydrogen) atoms. The number of hydrogen-bond acceptors (Lipinski definition) is 4. The van der Waals surface area contributed by atoms with E-state index in [9.17, 15) is 20.0 Å². The number of carbonyl (C=O) groups is 1. The van der Waals surface area contributed by atoms with Crippen LogP contribution in [0.15, 0.2) is 42.5 Å². The van der Waals surface area contributed by atoms with Gasteiger partial charge in [-0.05, 0) is 31.4 Å². The molecule has 0 atom stereocenters. The van der Waals surface area contributed by atoms with Gasteiger partial charge in [0.1, 0.15) is 5.75 Å². The number of phenolic OH excluding ortho intramolecular Hbond substituents is 1. The van der Waals surface area contributed by atoms with E-state index in [4.69, 9.17) is 0 Å². The van der Waals surface area contributed by atoms with E-state index in [-0.39, 0.29) is 29.5 Å². The van der Waals surface area contributed by atoms with Crippen molar-refractivity contribution in [2.45, 2.75) is 26.2 Å². The van der Waals surface area contributed by atoms with Crippen LogP contribution in [0.2, 0.25) is 0 Å². The van der Waals surface area contributed by atoms with Crippen LogP contribution < -0.4 is 5.32 Å². The number of carbonyl (C=O) groups excluding carboxylic acids is 1. The van der Waals surface area contributed by atoms with Gasteiger partial charge in [-0.3, -0.25) is 14.9 Å². The van der Waals surface area contributed by atoms with Crippen molar-refractivity contribution in [1.82, 2.24) is 0 Å². The number of non-ortho nitro benzene ring substituents is 1. The van der Waals surface area contributed by atoms with E-state index in [0.717, 1.165) is 18.1 Å². The third-order valence-electron chi connectivity index (χ3n) is 3.45. The number of aryl methyl sites for hydroxylation is 2. The Morgan fingerprint density at radius 2 is 1.91 bits per heavy atom. The van der Waals surface area contributed by atoms with E-state index in [2.05, 4.69) is 5.32 Å². The maximum atomic E-state index is 11.9. The number of anilines is 1. The second-order valence-electron chi connectivity index (χ2n) is 5.35. The summed E-state index contributed by atoms with van der Waals surface area (Å²) >= 11 is 0. The molecule has 1 amide bonds. The number of aromatic hydroxyl groups is 1. The first kappa shape index (κ1) is 16.5. The lowest BCUT2D eigenvalue weighted by atomic mass is 10.1. The highest BCUT2D eigenvalue weighted by atomic mass is 16.6. The Balaban J connectivity index is 1.88. The molecule has 0 saturated carbocycles. The molecule has 2 aromatic carbocycles. The fraction of sp³-hybridized carbons (Fsp3) is 0.235. The molecule has 0 aliphatic carbocycles. The molecule has 0 aromatic heterocycles. The molecule has 0 radical (unpaired) electrons. The number of benzene rings is 2. The zero-order chi connectivity index (χ0) is 16.8. The Morgan fingerprint density at radius 1 is 1.22 bits per heavy atom. The molecule has 0 aliphatic rings. The lowest BCUT2D eigenvalue weighted by Gasteiger charge is -2.07. The standard InChI is InChI=1S/C17H18N2O4/c1-12-5-7-13(8-6-12)3-2-4-17(21)18-15-11-14(19(22)23)9-10-16(15)20/h5-11,20H,2-4H2,1H3,(H,18,21). The van der Waals surface area contributed by atoms with Crippen molar-refractivity contribution in [1.29, 1.82) is 0 Å². The average molecular weight is 314 g/mol. The minimum atomic E-state index is -0.577. The number of phenols is 1. The molecule has 6 nitrogen and oxygen atoms in total. The Labute approximate surface area is 133 Å². The third-order valence-corrected chi connectivity index (χ3v) is 3.45. The SMILES string of the molecule is Cc1ccc(CCCC(=O)Nc2cc([N+](=O)[O-])ccc2O)cc1. The van der Waals surface area contributed by atoms with E-state index in [1.54, 1.807) is 0 Å². The van der Waals surface area contributed by atoms with Gasteiger partial charge in [0.05, 0.1) is 10.6 Å². The van der Waals surface area contributed by atoms with Crippen LogP contribution in [0.4, 0.5) is 11.4 Å². The first-order valence-corrected chi connectivity index (χ1v) is 7.28. The minimum Gasteiger partial charge on any atom is -0.506 e. The number of rotatable bonds is 6. The van der Waals surface area contributed by atoms with Gasteiger partial charge in [0, 0.05) is 18.6 Å². The first-order valence-electron chi connectivity index (χ1n) is 7.28. The number of nitrogens with zero attached hydrogens (tertiary/aromatic N) is 1. The van der Waals surface area contributed by atoms with Gasteiger partial charge in [0.25, 0.3) is 5.69 Å². The fourth-order valence-electron chi connectivity index (χ4n) is 2.16. The van der Waals surface area contributed by atoms with Gasteiger partial charge in [0.2, 0.25) is 5.91 Å². The summed E-state index contributed by atoms with van der Waals surface area (Å²) in [4.78, 5) is 22.0.